The Bertz CT molecular complexity index is 1030. The normalized spacial score (nSPS) is 17.2. The summed E-state index contributed by atoms with van der Waals surface area (Å²) in [6.45, 7) is 8.33. The van der Waals surface area contributed by atoms with Gasteiger partial charge in [0.1, 0.15) is 10.7 Å². The van der Waals surface area contributed by atoms with Crippen molar-refractivity contribution < 1.29 is 14.6 Å². The van der Waals surface area contributed by atoms with Crippen molar-refractivity contribution in [3.63, 3.8) is 0 Å². The van der Waals surface area contributed by atoms with E-state index < -0.39 is 0 Å². The van der Waals surface area contributed by atoms with Crippen LogP contribution in [0.1, 0.15) is 54.1 Å². The van der Waals surface area contributed by atoms with Crippen molar-refractivity contribution in [2.45, 2.75) is 58.8 Å². The molecule has 3 aromatic rings. The van der Waals surface area contributed by atoms with Gasteiger partial charge in [-0.15, -0.1) is 16.4 Å². The van der Waals surface area contributed by atoms with E-state index in [4.69, 9.17) is 4.74 Å². The topological polar surface area (TPSA) is 102 Å². The third-order valence-corrected chi connectivity index (χ3v) is 6.02. The van der Waals surface area contributed by atoms with Gasteiger partial charge >= 0.3 is 0 Å². The van der Waals surface area contributed by atoms with Gasteiger partial charge in [-0.05, 0) is 32.8 Å². The molecule has 0 saturated carbocycles. The lowest BCUT2D eigenvalue weighted by Crippen LogP contribution is -2.37. The van der Waals surface area contributed by atoms with Crippen LogP contribution >= 0.6 is 11.3 Å². The van der Waals surface area contributed by atoms with Crippen LogP contribution in [0.15, 0.2) is 0 Å². The first-order valence-electron chi connectivity index (χ1n) is 9.06. The SMILES string of the molecule is CCC(CO)NC(=O)c1nc2c3c4c(sc3nc(C)n2n1)COC(C)(C)C4. The molecule has 3 aromatic heterocycles. The largest absolute Gasteiger partial charge is 0.394 e. The lowest BCUT2D eigenvalue weighted by molar-refractivity contribution is -0.0379. The van der Waals surface area contributed by atoms with Crippen molar-refractivity contribution in [2.75, 3.05) is 6.61 Å². The molecule has 1 amide bonds. The van der Waals surface area contributed by atoms with Gasteiger partial charge in [-0.25, -0.2) is 9.97 Å². The van der Waals surface area contributed by atoms with Gasteiger partial charge in [0.05, 0.1) is 30.2 Å². The highest BCUT2D eigenvalue weighted by molar-refractivity contribution is 7.19. The number of aliphatic hydroxyl groups excluding tert-OH is 1. The van der Waals surface area contributed by atoms with Crippen molar-refractivity contribution in [2.24, 2.45) is 0 Å². The molecule has 0 radical (unpaired) electrons. The zero-order chi connectivity index (χ0) is 19.3. The summed E-state index contributed by atoms with van der Waals surface area (Å²) in [5.74, 6) is 0.377. The van der Waals surface area contributed by atoms with Crippen LogP contribution in [0.2, 0.25) is 0 Å². The molecule has 1 unspecified atom stereocenters. The standard InChI is InChI=1S/C18H23N5O3S/c1-5-10(7-24)20-16(25)14-21-15-13-11-6-18(3,4)26-8-12(11)27-17(13)19-9(2)23(15)22-14/h10,24H,5-8H2,1-4H3,(H,20,25). The molecule has 1 aliphatic heterocycles. The Balaban J connectivity index is 1.85. The number of amides is 1. The van der Waals surface area contributed by atoms with E-state index in [2.05, 4.69) is 34.2 Å². The second kappa shape index (κ2) is 6.50. The molecule has 0 aromatic carbocycles. The van der Waals surface area contributed by atoms with E-state index in [9.17, 15) is 9.90 Å². The predicted molar refractivity (Wildman–Crippen MR) is 102 cm³/mol. The molecule has 144 valence electrons. The number of fused-ring (bicyclic) bond motifs is 5. The quantitative estimate of drug-likeness (QED) is 0.708. The highest BCUT2D eigenvalue weighted by Gasteiger charge is 2.31. The molecule has 0 saturated heterocycles. The maximum Gasteiger partial charge on any atom is 0.291 e. The summed E-state index contributed by atoms with van der Waals surface area (Å²) in [5.41, 5.74) is 1.58. The van der Waals surface area contributed by atoms with Gasteiger partial charge in [0.15, 0.2) is 5.65 Å². The Labute approximate surface area is 160 Å². The minimum Gasteiger partial charge on any atom is -0.394 e. The number of ether oxygens (including phenoxy) is 1. The van der Waals surface area contributed by atoms with Crippen LogP contribution in [0.4, 0.5) is 0 Å². The first-order chi connectivity index (χ1) is 12.8. The Kier molecular flexibility index (Phi) is 4.40. The van der Waals surface area contributed by atoms with Crippen LogP contribution in [-0.4, -0.2) is 48.8 Å². The van der Waals surface area contributed by atoms with Crippen LogP contribution in [0.25, 0.3) is 15.9 Å². The first-order valence-corrected chi connectivity index (χ1v) is 9.88. The van der Waals surface area contributed by atoms with E-state index in [1.54, 1.807) is 15.9 Å². The van der Waals surface area contributed by atoms with E-state index >= 15 is 0 Å². The number of carbonyl (C=O) groups excluding carboxylic acids is 1. The van der Waals surface area contributed by atoms with E-state index in [1.165, 1.54) is 5.56 Å². The minimum atomic E-state index is -0.389. The molecule has 0 bridgehead atoms. The molecule has 9 heteroatoms. The lowest BCUT2D eigenvalue weighted by atomic mass is 9.94. The highest BCUT2D eigenvalue weighted by atomic mass is 32.1. The van der Waals surface area contributed by atoms with Crippen molar-refractivity contribution >= 4 is 33.1 Å². The Morgan fingerprint density at radius 1 is 1.44 bits per heavy atom. The number of thiophene rings is 1. The lowest BCUT2D eigenvalue weighted by Gasteiger charge is -2.30. The molecule has 4 rings (SSSR count). The average Bonchev–Trinajstić information content (AvgIpc) is 3.20. The number of nitrogens with zero attached hydrogens (tertiary/aromatic N) is 4. The van der Waals surface area contributed by atoms with E-state index in [-0.39, 0.29) is 30.0 Å². The Morgan fingerprint density at radius 2 is 2.22 bits per heavy atom. The maximum absolute atomic E-state index is 12.5. The molecular weight excluding hydrogens is 366 g/mol. The Hall–Kier alpha value is -2.10. The fourth-order valence-electron chi connectivity index (χ4n) is 3.37. The van der Waals surface area contributed by atoms with Gasteiger partial charge in [0.25, 0.3) is 5.91 Å². The highest BCUT2D eigenvalue weighted by Crippen LogP contribution is 2.39. The monoisotopic (exact) mass is 389 g/mol. The molecule has 0 fully saturated rings. The zero-order valence-electron chi connectivity index (χ0n) is 15.9. The third-order valence-electron chi connectivity index (χ3n) is 4.92. The van der Waals surface area contributed by atoms with Crippen LogP contribution in [0.5, 0.6) is 0 Å². The number of nitrogens with one attached hydrogen (secondary N) is 1. The van der Waals surface area contributed by atoms with Crippen molar-refractivity contribution in [3.05, 3.63) is 22.1 Å². The van der Waals surface area contributed by atoms with Crippen molar-refractivity contribution in [3.8, 4) is 0 Å². The number of aliphatic hydroxyl groups is 1. The van der Waals surface area contributed by atoms with Gasteiger partial charge in [-0.3, -0.25) is 4.79 Å². The average molecular weight is 389 g/mol. The number of hydrogen-bond donors (Lipinski definition) is 2. The van der Waals surface area contributed by atoms with E-state index in [0.717, 1.165) is 21.5 Å². The second-order valence-electron chi connectivity index (χ2n) is 7.50. The zero-order valence-corrected chi connectivity index (χ0v) is 16.7. The molecule has 4 heterocycles. The number of carbonyl (C=O) groups is 1. The summed E-state index contributed by atoms with van der Waals surface area (Å²) in [6.07, 6.45) is 1.40. The molecule has 0 spiro atoms. The van der Waals surface area contributed by atoms with Gasteiger partial charge in [-0.2, -0.15) is 4.52 Å². The number of rotatable bonds is 4. The van der Waals surface area contributed by atoms with Gasteiger partial charge in [0.2, 0.25) is 5.82 Å². The molecular formula is C18H23N5O3S. The minimum absolute atomic E-state index is 0.0885. The maximum atomic E-state index is 12.5. The molecule has 0 aliphatic carbocycles. The van der Waals surface area contributed by atoms with E-state index in [0.29, 0.717) is 24.5 Å². The third kappa shape index (κ3) is 3.09. The first kappa shape index (κ1) is 18.3. The molecule has 1 atom stereocenters. The van der Waals surface area contributed by atoms with Crippen LogP contribution in [0, 0.1) is 6.92 Å². The predicted octanol–water partition coefficient (Wildman–Crippen LogP) is 2.00. The van der Waals surface area contributed by atoms with Crippen LogP contribution in [-0.2, 0) is 17.8 Å². The van der Waals surface area contributed by atoms with Crippen molar-refractivity contribution in [1.29, 1.82) is 0 Å². The molecule has 2 N–H and O–H groups in total. The smallest absolute Gasteiger partial charge is 0.291 e. The number of aromatic nitrogens is 4. The van der Waals surface area contributed by atoms with E-state index in [1.807, 2.05) is 13.8 Å². The summed E-state index contributed by atoms with van der Waals surface area (Å²) < 4.78 is 7.56. The summed E-state index contributed by atoms with van der Waals surface area (Å²) >= 11 is 1.61. The number of hydrogen-bond acceptors (Lipinski definition) is 7. The molecule has 1 aliphatic rings. The van der Waals surface area contributed by atoms with Crippen LogP contribution < -0.4 is 5.32 Å². The van der Waals surface area contributed by atoms with Crippen molar-refractivity contribution in [1.82, 2.24) is 24.9 Å². The fourth-order valence-corrected chi connectivity index (χ4v) is 4.51. The van der Waals surface area contributed by atoms with Gasteiger partial charge in [0, 0.05) is 11.3 Å². The summed E-state index contributed by atoms with van der Waals surface area (Å²) in [7, 11) is 0. The van der Waals surface area contributed by atoms with Gasteiger partial charge in [-0.1, -0.05) is 6.92 Å². The number of aryl methyl sites for hydroxylation is 1. The second-order valence-corrected chi connectivity index (χ2v) is 8.58. The van der Waals surface area contributed by atoms with Crippen LogP contribution in [0.3, 0.4) is 0 Å². The fraction of sp³-hybridized carbons (Fsp3) is 0.556. The molecule has 8 nitrogen and oxygen atoms in total. The molecule has 27 heavy (non-hydrogen) atoms. The summed E-state index contributed by atoms with van der Waals surface area (Å²) in [4.78, 5) is 23.8. The summed E-state index contributed by atoms with van der Waals surface area (Å²) in [6, 6.07) is -0.310. The Morgan fingerprint density at radius 3 is 2.93 bits per heavy atom. The van der Waals surface area contributed by atoms with Gasteiger partial charge < -0.3 is 15.2 Å². The summed E-state index contributed by atoms with van der Waals surface area (Å²) in [5, 5.41) is 17.4.